The fraction of sp³-hybridized carbons (Fsp3) is 0.417. The number of halogens is 1. The van der Waals surface area contributed by atoms with Crippen molar-refractivity contribution >= 4 is 17.0 Å². The van der Waals surface area contributed by atoms with Crippen molar-refractivity contribution < 1.29 is 16.3 Å². The number of H-pyrrole nitrogens is 1. The monoisotopic (exact) mass is 425 g/mol. The first-order valence-electron chi connectivity index (χ1n) is 11.7. The smallest absolute Gasteiger partial charge is 0.408 e. The molecule has 1 N–H and O–H groups in total. The Morgan fingerprint density at radius 3 is 2.52 bits per heavy atom. The minimum absolute atomic E-state index is 0.191. The zero-order valence-electron chi connectivity index (χ0n) is 19.1. The Morgan fingerprint density at radius 1 is 1.03 bits per heavy atom. The number of carbonyl (C=O) groups excluding carboxylic acids is 1. The Kier molecular flexibility index (Phi) is 4.75. The summed E-state index contributed by atoms with van der Waals surface area (Å²) in [5.74, 6) is -0.332. The van der Waals surface area contributed by atoms with Crippen LogP contribution in [0.15, 0.2) is 51.7 Å². The van der Waals surface area contributed by atoms with Crippen molar-refractivity contribution in [3.63, 3.8) is 0 Å². The van der Waals surface area contributed by atoms with E-state index in [1.54, 1.807) is 24.3 Å². The van der Waals surface area contributed by atoms with Gasteiger partial charge in [-0.15, -0.1) is 0 Å². The zero-order valence-corrected chi connectivity index (χ0v) is 17.1. The molecule has 0 aliphatic carbocycles. The summed E-state index contributed by atoms with van der Waals surface area (Å²) in [5, 5.41) is 0. The number of benzene rings is 2. The Morgan fingerprint density at radius 2 is 1.77 bits per heavy atom. The van der Waals surface area contributed by atoms with Crippen LogP contribution in [0.25, 0.3) is 11.1 Å². The second-order valence-corrected chi connectivity index (χ2v) is 8.32. The summed E-state index contributed by atoms with van der Waals surface area (Å²) in [7, 11) is 0. The van der Waals surface area contributed by atoms with Crippen LogP contribution in [0.1, 0.15) is 44.6 Å². The van der Waals surface area contributed by atoms with Crippen LogP contribution in [0, 0.1) is 0 Å². The first-order chi connectivity index (χ1) is 15.9. The summed E-state index contributed by atoms with van der Waals surface area (Å²) in [6, 6.07) is 11.7. The molecule has 2 aromatic carbocycles. The van der Waals surface area contributed by atoms with Crippen molar-refractivity contribution in [1.29, 1.82) is 0 Å². The van der Waals surface area contributed by atoms with Gasteiger partial charge in [-0.3, -0.25) is 14.7 Å². The highest BCUT2D eigenvalue weighted by Gasteiger charge is 2.37. The number of oxazole rings is 1. The van der Waals surface area contributed by atoms with Gasteiger partial charge in [-0.1, -0.05) is 30.3 Å². The van der Waals surface area contributed by atoms with Gasteiger partial charge in [-0.05, 0) is 67.1 Å². The number of hydrogen-bond acceptors (Lipinski definition) is 4. The number of nitrogens with one attached hydrogen (secondary N) is 1. The van der Waals surface area contributed by atoms with E-state index in [0.717, 1.165) is 31.5 Å². The van der Waals surface area contributed by atoms with Gasteiger partial charge in [0.05, 0.1) is 14.3 Å². The fourth-order valence-corrected chi connectivity index (χ4v) is 4.70. The average Bonchev–Trinajstić information content (AvgIpc) is 3.40. The largest absolute Gasteiger partial charge is 0.417 e. The Balaban J connectivity index is 1.24. The maximum Gasteiger partial charge on any atom is 0.417 e. The van der Waals surface area contributed by atoms with Gasteiger partial charge in [0.2, 0.25) is 5.91 Å². The van der Waals surface area contributed by atoms with Crippen molar-refractivity contribution in [2.45, 2.75) is 44.4 Å². The minimum atomic E-state index is -1.94. The molecule has 1 atom stereocenters. The van der Waals surface area contributed by atoms with Crippen LogP contribution in [0.2, 0.25) is 0 Å². The highest BCUT2D eigenvalue weighted by atomic mass is 19.1. The molecule has 0 spiro atoms. The van der Waals surface area contributed by atoms with Gasteiger partial charge < -0.3 is 9.32 Å². The Labute approximate surface area is 182 Å². The van der Waals surface area contributed by atoms with Crippen molar-refractivity contribution in [1.82, 2.24) is 14.8 Å². The van der Waals surface area contributed by atoms with Crippen molar-refractivity contribution in [2.24, 2.45) is 0 Å². The molecule has 1 amide bonds. The lowest BCUT2D eigenvalue weighted by atomic mass is 9.88. The molecule has 0 saturated carbocycles. The molecule has 1 aromatic heterocycles. The molecule has 7 heteroatoms. The number of aromatic nitrogens is 1. The Bertz CT molecular complexity index is 1220. The van der Waals surface area contributed by atoms with E-state index in [-0.39, 0.29) is 11.9 Å². The van der Waals surface area contributed by atoms with E-state index < -0.39 is 18.9 Å². The molecule has 31 heavy (non-hydrogen) atoms. The maximum atomic E-state index is 13.2. The van der Waals surface area contributed by atoms with E-state index in [2.05, 4.69) is 9.88 Å². The lowest BCUT2D eigenvalue weighted by Crippen LogP contribution is -2.45. The second kappa shape index (κ2) is 8.30. The third-order valence-electron chi connectivity index (χ3n) is 6.44. The zero-order chi connectivity index (χ0) is 23.2. The lowest BCUT2D eigenvalue weighted by Gasteiger charge is -2.35. The van der Waals surface area contributed by atoms with Crippen molar-refractivity contribution in [3.8, 4) is 0 Å². The molecule has 0 unspecified atom stereocenters. The molecule has 3 aromatic rings. The number of rotatable bonds is 5. The van der Waals surface area contributed by atoms with Gasteiger partial charge in [0.15, 0.2) is 5.58 Å². The summed E-state index contributed by atoms with van der Waals surface area (Å²) < 4.78 is 35.1. The topological polar surface area (TPSA) is 69.6 Å². The Hall–Kier alpha value is -2.93. The number of hydrogen-bond donors (Lipinski definition) is 1. The molecule has 5 rings (SSSR count). The van der Waals surface area contributed by atoms with Crippen LogP contribution >= 0.6 is 0 Å². The van der Waals surface area contributed by atoms with Crippen molar-refractivity contribution in [3.05, 3.63) is 69.7 Å². The van der Waals surface area contributed by atoms with Crippen LogP contribution in [0.4, 0.5) is 4.39 Å². The van der Waals surface area contributed by atoms with Gasteiger partial charge >= 0.3 is 5.76 Å². The predicted octanol–water partition coefficient (Wildman–Crippen LogP) is 3.57. The van der Waals surface area contributed by atoms with Crippen LogP contribution in [0.3, 0.4) is 0 Å². The fourth-order valence-electron chi connectivity index (χ4n) is 4.70. The number of carbonyl (C=O) groups is 1. The first-order valence-corrected chi connectivity index (χ1v) is 10.7. The molecule has 6 nitrogen and oxygen atoms in total. The molecule has 2 fully saturated rings. The SMILES string of the molecule is [2H]C([2H])(c1ccc(CF)cc1)N1CC[C@@H](N2CCC(c3ccc4[nH]c(=O)oc4c3)CC2)C1=O. The molecular formula is C24H26FN3O3. The summed E-state index contributed by atoms with van der Waals surface area (Å²) >= 11 is 0. The number of likely N-dealkylation sites (tertiary alicyclic amines) is 2. The normalized spacial score (nSPS) is 22.2. The van der Waals surface area contributed by atoms with E-state index in [1.807, 2.05) is 18.2 Å². The van der Waals surface area contributed by atoms with Gasteiger partial charge in [0.25, 0.3) is 0 Å². The number of alkyl halides is 1. The number of amides is 1. The standard InChI is InChI=1S/C24H26FN3O3/c25-14-16-1-3-17(4-2-16)15-28-12-9-21(23(28)29)27-10-7-18(8-11-27)19-5-6-20-22(13-19)31-24(30)26-20/h1-6,13,18,21H,7-12,14-15H2,(H,26,30)/t21-/m1/s1/i15D2. The average molecular weight is 426 g/mol. The van der Waals surface area contributed by atoms with Gasteiger partial charge in [0, 0.05) is 13.0 Å². The van der Waals surface area contributed by atoms with E-state index in [1.165, 1.54) is 4.90 Å². The van der Waals surface area contributed by atoms with E-state index in [0.29, 0.717) is 41.1 Å². The number of piperidine rings is 1. The van der Waals surface area contributed by atoms with Crippen LogP contribution in [-0.4, -0.2) is 46.4 Å². The van der Waals surface area contributed by atoms with Crippen molar-refractivity contribution in [2.75, 3.05) is 19.6 Å². The molecule has 2 aliphatic heterocycles. The number of aromatic amines is 1. The summed E-state index contributed by atoms with van der Waals surface area (Å²) in [6.45, 7) is -0.687. The highest BCUT2D eigenvalue weighted by molar-refractivity contribution is 5.84. The third-order valence-corrected chi connectivity index (χ3v) is 6.44. The summed E-state index contributed by atoms with van der Waals surface area (Å²) in [6.07, 6.45) is 2.34. The van der Waals surface area contributed by atoms with Crippen LogP contribution in [0.5, 0.6) is 0 Å². The van der Waals surface area contributed by atoms with E-state index in [9.17, 15) is 14.0 Å². The molecule has 162 valence electrons. The molecule has 2 aliphatic rings. The molecule has 2 saturated heterocycles. The molecule has 0 radical (unpaired) electrons. The van der Waals surface area contributed by atoms with Gasteiger partial charge in [0.1, 0.15) is 6.67 Å². The highest BCUT2D eigenvalue weighted by Crippen LogP contribution is 2.32. The van der Waals surface area contributed by atoms with E-state index >= 15 is 0 Å². The van der Waals surface area contributed by atoms with Gasteiger partial charge in [-0.25, -0.2) is 9.18 Å². The number of fused-ring (bicyclic) bond motifs is 1. The first kappa shape index (κ1) is 17.7. The number of nitrogens with zero attached hydrogens (tertiary/aromatic N) is 2. The quantitative estimate of drug-likeness (QED) is 0.679. The van der Waals surface area contributed by atoms with Gasteiger partial charge in [-0.2, -0.15) is 0 Å². The molecular weight excluding hydrogens is 397 g/mol. The second-order valence-electron chi connectivity index (χ2n) is 8.32. The lowest BCUT2D eigenvalue weighted by molar-refractivity contribution is -0.133. The summed E-state index contributed by atoms with van der Waals surface area (Å²) in [4.78, 5) is 30.7. The predicted molar refractivity (Wildman–Crippen MR) is 115 cm³/mol. The molecule has 3 heterocycles. The summed E-state index contributed by atoms with van der Waals surface area (Å²) in [5.41, 5.74) is 3.21. The van der Waals surface area contributed by atoms with E-state index in [4.69, 9.17) is 7.16 Å². The minimum Gasteiger partial charge on any atom is -0.408 e. The maximum absolute atomic E-state index is 13.2. The third kappa shape index (κ3) is 4.02. The van der Waals surface area contributed by atoms with Crippen LogP contribution < -0.4 is 5.76 Å². The molecule has 0 bridgehead atoms. The van der Waals surface area contributed by atoms with Crippen LogP contribution in [-0.2, 0) is 18.0 Å².